The van der Waals surface area contributed by atoms with Gasteiger partial charge in [0.1, 0.15) is 11.6 Å². The maximum absolute atomic E-state index is 13.1. The summed E-state index contributed by atoms with van der Waals surface area (Å²) in [5, 5.41) is 0. The van der Waals surface area contributed by atoms with Gasteiger partial charge in [-0.05, 0) is 30.3 Å². The zero-order valence-electron chi connectivity index (χ0n) is 9.61. The minimum atomic E-state index is -0.433. The standard InChI is InChI=1S/C14H10BrFO2/c1-18-13-8-10(15)5-6-12(13)14(17)9-3-2-4-11(16)7-9/h2-8H,1H3. The molecule has 2 nitrogen and oxygen atoms in total. The topological polar surface area (TPSA) is 26.3 Å². The lowest BCUT2D eigenvalue weighted by atomic mass is 10.0. The molecule has 0 aliphatic rings. The van der Waals surface area contributed by atoms with Crippen LogP contribution in [0.15, 0.2) is 46.9 Å². The Kier molecular flexibility index (Phi) is 3.77. The summed E-state index contributed by atoms with van der Waals surface area (Å²) in [4.78, 5) is 12.2. The Labute approximate surface area is 113 Å². The number of carbonyl (C=O) groups excluding carboxylic acids is 1. The van der Waals surface area contributed by atoms with E-state index >= 15 is 0 Å². The molecule has 0 unspecified atom stereocenters. The van der Waals surface area contributed by atoms with Gasteiger partial charge >= 0.3 is 0 Å². The quantitative estimate of drug-likeness (QED) is 0.806. The lowest BCUT2D eigenvalue weighted by molar-refractivity contribution is 0.103. The number of rotatable bonds is 3. The maximum Gasteiger partial charge on any atom is 0.196 e. The molecule has 18 heavy (non-hydrogen) atoms. The van der Waals surface area contributed by atoms with E-state index in [-0.39, 0.29) is 5.78 Å². The molecule has 0 N–H and O–H groups in total. The van der Waals surface area contributed by atoms with Crippen LogP contribution < -0.4 is 4.74 Å². The first-order chi connectivity index (χ1) is 8.61. The van der Waals surface area contributed by atoms with Gasteiger partial charge in [-0.2, -0.15) is 0 Å². The highest BCUT2D eigenvalue weighted by Crippen LogP contribution is 2.25. The molecule has 0 aromatic heterocycles. The SMILES string of the molecule is COc1cc(Br)ccc1C(=O)c1cccc(F)c1. The molecule has 0 aliphatic heterocycles. The molecular weight excluding hydrogens is 299 g/mol. The van der Waals surface area contributed by atoms with E-state index in [1.165, 1.54) is 25.3 Å². The molecule has 0 atom stereocenters. The average Bonchev–Trinajstić information content (AvgIpc) is 2.37. The molecule has 2 rings (SSSR count). The Hall–Kier alpha value is -1.68. The van der Waals surface area contributed by atoms with Crippen LogP contribution >= 0.6 is 15.9 Å². The summed E-state index contributed by atoms with van der Waals surface area (Å²) < 4.78 is 19.1. The van der Waals surface area contributed by atoms with Gasteiger partial charge in [0.15, 0.2) is 5.78 Å². The second-order valence-electron chi connectivity index (χ2n) is 3.68. The van der Waals surface area contributed by atoms with Crippen LogP contribution in [0.3, 0.4) is 0 Å². The highest BCUT2D eigenvalue weighted by atomic mass is 79.9. The van der Waals surface area contributed by atoms with Gasteiger partial charge in [-0.25, -0.2) is 4.39 Å². The second kappa shape index (κ2) is 5.31. The number of carbonyl (C=O) groups is 1. The van der Waals surface area contributed by atoms with E-state index < -0.39 is 5.82 Å². The summed E-state index contributed by atoms with van der Waals surface area (Å²) >= 11 is 3.30. The zero-order valence-corrected chi connectivity index (χ0v) is 11.2. The van der Waals surface area contributed by atoms with Crippen LogP contribution in [0.2, 0.25) is 0 Å². The van der Waals surface area contributed by atoms with Crippen LogP contribution in [-0.4, -0.2) is 12.9 Å². The van der Waals surface area contributed by atoms with Gasteiger partial charge in [-0.1, -0.05) is 28.1 Å². The molecule has 0 aliphatic carbocycles. The molecule has 0 saturated heterocycles. The van der Waals surface area contributed by atoms with Crippen molar-refractivity contribution in [3.63, 3.8) is 0 Å². The van der Waals surface area contributed by atoms with Crippen molar-refractivity contribution in [2.75, 3.05) is 7.11 Å². The number of hydrogen-bond donors (Lipinski definition) is 0. The molecular formula is C14H10BrFO2. The first-order valence-corrected chi connectivity index (χ1v) is 6.05. The third kappa shape index (κ3) is 2.59. The fourth-order valence-corrected chi connectivity index (χ4v) is 1.98. The van der Waals surface area contributed by atoms with Crippen LogP contribution in [0.5, 0.6) is 5.75 Å². The van der Waals surface area contributed by atoms with E-state index in [1.807, 2.05) is 0 Å². The normalized spacial score (nSPS) is 10.2. The summed E-state index contributed by atoms with van der Waals surface area (Å²) in [6.07, 6.45) is 0. The summed E-state index contributed by atoms with van der Waals surface area (Å²) in [6.45, 7) is 0. The van der Waals surface area contributed by atoms with Gasteiger partial charge in [-0.3, -0.25) is 4.79 Å². The fraction of sp³-hybridized carbons (Fsp3) is 0.0714. The Balaban J connectivity index is 2.46. The smallest absolute Gasteiger partial charge is 0.196 e. The van der Waals surface area contributed by atoms with Gasteiger partial charge in [0.25, 0.3) is 0 Å². The number of benzene rings is 2. The highest BCUT2D eigenvalue weighted by Gasteiger charge is 2.15. The van der Waals surface area contributed by atoms with Crippen molar-refractivity contribution in [1.82, 2.24) is 0 Å². The Morgan fingerprint density at radius 1 is 1.22 bits per heavy atom. The first-order valence-electron chi connectivity index (χ1n) is 5.25. The van der Waals surface area contributed by atoms with Crippen molar-refractivity contribution in [2.24, 2.45) is 0 Å². The van der Waals surface area contributed by atoms with Crippen molar-refractivity contribution in [3.8, 4) is 5.75 Å². The lowest BCUT2D eigenvalue weighted by Crippen LogP contribution is -2.04. The molecule has 0 fully saturated rings. The van der Waals surface area contributed by atoms with E-state index in [4.69, 9.17) is 4.74 Å². The largest absolute Gasteiger partial charge is 0.496 e. The molecule has 0 saturated carbocycles. The zero-order chi connectivity index (χ0) is 13.1. The monoisotopic (exact) mass is 308 g/mol. The van der Waals surface area contributed by atoms with Gasteiger partial charge < -0.3 is 4.74 Å². The molecule has 92 valence electrons. The van der Waals surface area contributed by atoms with Crippen molar-refractivity contribution < 1.29 is 13.9 Å². The van der Waals surface area contributed by atoms with E-state index in [0.29, 0.717) is 16.9 Å². The predicted molar refractivity (Wildman–Crippen MR) is 70.5 cm³/mol. The minimum absolute atomic E-state index is 0.265. The van der Waals surface area contributed by atoms with Gasteiger partial charge in [-0.15, -0.1) is 0 Å². The van der Waals surface area contributed by atoms with Crippen molar-refractivity contribution in [3.05, 3.63) is 63.9 Å². The molecule has 0 spiro atoms. The second-order valence-corrected chi connectivity index (χ2v) is 4.60. The third-order valence-corrected chi connectivity index (χ3v) is 2.99. The van der Waals surface area contributed by atoms with Gasteiger partial charge in [0.2, 0.25) is 0 Å². The fourth-order valence-electron chi connectivity index (χ4n) is 1.64. The molecule has 2 aromatic carbocycles. The Morgan fingerprint density at radius 3 is 2.67 bits per heavy atom. The van der Waals surface area contributed by atoms with Gasteiger partial charge in [0, 0.05) is 10.0 Å². The minimum Gasteiger partial charge on any atom is -0.496 e. The molecule has 0 heterocycles. The molecule has 2 aromatic rings. The van der Waals surface area contributed by atoms with E-state index in [9.17, 15) is 9.18 Å². The molecule has 4 heteroatoms. The molecule has 0 amide bonds. The summed E-state index contributed by atoms with van der Waals surface area (Å²) in [6, 6.07) is 10.7. The van der Waals surface area contributed by atoms with Crippen LogP contribution in [-0.2, 0) is 0 Å². The molecule has 0 bridgehead atoms. The van der Waals surface area contributed by atoms with Crippen LogP contribution in [0.4, 0.5) is 4.39 Å². The summed E-state index contributed by atoms with van der Waals surface area (Å²) in [5.74, 6) is -0.241. The number of ether oxygens (including phenoxy) is 1. The number of ketones is 1. The van der Waals surface area contributed by atoms with E-state index in [1.54, 1.807) is 24.3 Å². The van der Waals surface area contributed by atoms with Crippen LogP contribution in [0.1, 0.15) is 15.9 Å². The number of methoxy groups -OCH3 is 1. The maximum atomic E-state index is 13.1. The first kappa shape index (κ1) is 12.8. The average molecular weight is 309 g/mol. The van der Waals surface area contributed by atoms with Crippen LogP contribution in [0.25, 0.3) is 0 Å². The molecule has 0 radical (unpaired) electrons. The summed E-state index contributed by atoms with van der Waals surface area (Å²) in [5.41, 5.74) is 0.710. The third-order valence-electron chi connectivity index (χ3n) is 2.50. The predicted octanol–water partition coefficient (Wildman–Crippen LogP) is 3.83. The van der Waals surface area contributed by atoms with Crippen molar-refractivity contribution in [2.45, 2.75) is 0 Å². The van der Waals surface area contributed by atoms with Crippen molar-refractivity contribution in [1.29, 1.82) is 0 Å². The number of halogens is 2. The van der Waals surface area contributed by atoms with Crippen molar-refractivity contribution >= 4 is 21.7 Å². The summed E-state index contributed by atoms with van der Waals surface area (Å²) in [7, 11) is 1.49. The van der Waals surface area contributed by atoms with Gasteiger partial charge in [0.05, 0.1) is 12.7 Å². The lowest BCUT2D eigenvalue weighted by Gasteiger charge is -2.08. The highest BCUT2D eigenvalue weighted by molar-refractivity contribution is 9.10. The van der Waals surface area contributed by atoms with E-state index in [2.05, 4.69) is 15.9 Å². The number of hydrogen-bond acceptors (Lipinski definition) is 2. The van der Waals surface area contributed by atoms with Crippen LogP contribution in [0, 0.1) is 5.82 Å². The Bertz CT molecular complexity index is 596. The Morgan fingerprint density at radius 2 is 2.00 bits per heavy atom. The van der Waals surface area contributed by atoms with E-state index in [0.717, 1.165) is 4.47 Å².